The molecule has 0 fully saturated rings. The van der Waals surface area contributed by atoms with Crippen LogP contribution in [0.4, 0.5) is 19.0 Å². The van der Waals surface area contributed by atoms with E-state index in [0.717, 1.165) is 22.1 Å². The minimum absolute atomic E-state index is 0.0846. The average Bonchev–Trinajstić information content (AvgIpc) is 2.82. The molecular formula is C16H11BrF3N3O. The summed E-state index contributed by atoms with van der Waals surface area (Å²) in [5.41, 5.74) is -0.167. The molecule has 0 unspecified atom stereocenters. The van der Waals surface area contributed by atoms with Gasteiger partial charge in [-0.25, -0.2) is 0 Å². The lowest BCUT2D eigenvalue weighted by Crippen LogP contribution is -2.14. The first-order valence-corrected chi connectivity index (χ1v) is 7.66. The topological polar surface area (TPSA) is 46.9 Å². The quantitative estimate of drug-likeness (QED) is 0.686. The van der Waals surface area contributed by atoms with E-state index in [-0.39, 0.29) is 11.4 Å². The van der Waals surface area contributed by atoms with E-state index in [0.29, 0.717) is 5.39 Å². The fraction of sp³-hybridized carbons (Fsp3) is 0.125. The van der Waals surface area contributed by atoms with Crippen LogP contribution < -0.4 is 5.32 Å². The number of hydrogen-bond acceptors (Lipinski definition) is 2. The molecule has 1 aromatic heterocycles. The molecule has 0 aliphatic rings. The number of nitrogens with zero attached hydrogens (tertiary/aromatic N) is 2. The van der Waals surface area contributed by atoms with Gasteiger partial charge in [0.05, 0.1) is 11.1 Å². The van der Waals surface area contributed by atoms with Gasteiger partial charge in [0, 0.05) is 22.5 Å². The number of alkyl halides is 3. The second kappa shape index (κ2) is 5.94. The molecule has 0 radical (unpaired) electrons. The Labute approximate surface area is 143 Å². The van der Waals surface area contributed by atoms with Crippen molar-refractivity contribution in [1.82, 2.24) is 9.78 Å². The minimum Gasteiger partial charge on any atom is -0.305 e. The van der Waals surface area contributed by atoms with Gasteiger partial charge < -0.3 is 5.32 Å². The van der Waals surface area contributed by atoms with Crippen molar-refractivity contribution in [1.29, 1.82) is 0 Å². The number of halogens is 4. The Hall–Kier alpha value is -2.35. The highest BCUT2D eigenvalue weighted by Gasteiger charge is 2.31. The molecule has 8 heteroatoms. The number of amides is 1. The SMILES string of the molecule is Cn1nc(NC(=O)c2cccc(C(F)(F)F)c2)c2cc(Br)ccc21. The molecule has 0 bridgehead atoms. The van der Waals surface area contributed by atoms with E-state index in [4.69, 9.17) is 0 Å². The second-order valence-corrected chi connectivity index (χ2v) is 6.08. The summed E-state index contributed by atoms with van der Waals surface area (Å²) in [6.45, 7) is 0. The van der Waals surface area contributed by atoms with Crippen molar-refractivity contribution in [3.8, 4) is 0 Å². The maximum absolute atomic E-state index is 12.8. The largest absolute Gasteiger partial charge is 0.416 e. The molecule has 0 aliphatic carbocycles. The van der Waals surface area contributed by atoms with Gasteiger partial charge in [0.1, 0.15) is 0 Å². The van der Waals surface area contributed by atoms with Crippen LogP contribution in [0.2, 0.25) is 0 Å². The van der Waals surface area contributed by atoms with E-state index < -0.39 is 17.6 Å². The van der Waals surface area contributed by atoms with Crippen LogP contribution in [0.25, 0.3) is 10.9 Å². The number of carbonyl (C=O) groups excluding carboxylic acids is 1. The molecular weight excluding hydrogens is 387 g/mol. The molecule has 1 amide bonds. The Kier molecular flexibility index (Phi) is 4.08. The Balaban J connectivity index is 1.95. The highest BCUT2D eigenvalue weighted by atomic mass is 79.9. The summed E-state index contributed by atoms with van der Waals surface area (Å²) in [6.07, 6.45) is -4.50. The summed E-state index contributed by atoms with van der Waals surface area (Å²) in [6, 6.07) is 9.70. The Morgan fingerprint density at radius 3 is 2.67 bits per heavy atom. The Bertz CT molecular complexity index is 934. The molecule has 0 saturated heterocycles. The number of anilines is 1. The summed E-state index contributed by atoms with van der Waals surface area (Å²) in [7, 11) is 1.72. The summed E-state index contributed by atoms with van der Waals surface area (Å²) in [5.74, 6) is -0.364. The van der Waals surface area contributed by atoms with E-state index in [9.17, 15) is 18.0 Å². The molecule has 0 spiro atoms. The molecule has 2 aromatic carbocycles. The molecule has 0 aliphatic heterocycles. The highest BCUT2D eigenvalue weighted by Crippen LogP contribution is 2.30. The van der Waals surface area contributed by atoms with E-state index in [1.807, 2.05) is 12.1 Å². The molecule has 3 rings (SSSR count). The van der Waals surface area contributed by atoms with E-state index in [2.05, 4.69) is 26.3 Å². The monoisotopic (exact) mass is 397 g/mol. The number of aryl methyl sites for hydroxylation is 1. The first kappa shape index (κ1) is 16.5. The van der Waals surface area contributed by atoms with Crippen LogP contribution in [-0.4, -0.2) is 15.7 Å². The molecule has 0 atom stereocenters. The van der Waals surface area contributed by atoms with Gasteiger partial charge in [0.15, 0.2) is 5.82 Å². The van der Waals surface area contributed by atoms with E-state index >= 15 is 0 Å². The summed E-state index contributed by atoms with van der Waals surface area (Å²) in [4.78, 5) is 12.3. The van der Waals surface area contributed by atoms with Crippen molar-refractivity contribution in [2.45, 2.75) is 6.18 Å². The zero-order valence-corrected chi connectivity index (χ0v) is 13.9. The second-order valence-electron chi connectivity index (χ2n) is 5.17. The smallest absolute Gasteiger partial charge is 0.305 e. The number of carbonyl (C=O) groups is 1. The fourth-order valence-electron chi connectivity index (χ4n) is 2.35. The van der Waals surface area contributed by atoms with E-state index in [1.165, 1.54) is 12.1 Å². The number of hydrogen-bond donors (Lipinski definition) is 1. The maximum Gasteiger partial charge on any atom is 0.416 e. The Morgan fingerprint density at radius 1 is 1.21 bits per heavy atom. The molecule has 1 N–H and O–H groups in total. The number of nitrogens with one attached hydrogen (secondary N) is 1. The van der Waals surface area contributed by atoms with Crippen LogP contribution in [0.5, 0.6) is 0 Å². The van der Waals surface area contributed by atoms with Crippen molar-refractivity contribution < 1.29 is 18.0 Å². The highest BCUT2D eigenvalue weighted by molar-refractivity contribution is 9.10. The van der Waals surface area contributed by atoms with Crippen LogP contribution in [0.15, 0.2) is 46.9 Å². The Morgan fingerprint density at radius 2 is 1.96 bits per heavy atom. The third kappa shape index (κ3) is 3.14. The third-order valence-electron chi connectivity index (χ3n) is 3.50. The number of fused-ring (bicyclic) bond motifs is 1. The summed E-state index contributed by atoms with van der Waals surface area (Å²) < 4.78 is 40.7. The van der Waals surface area contributed by atoms with Gasteiger partial charge in [0.2, 0.25) is 0 Å². The first-order valence-electron chi connectivity index (χ1n) is 6.86. The van der Waals surface area contributed by atoms with Crippen molar-refractivity contribution in [3.63, 3.8) is 0 Å². The lowest BCUT2D eigenvalue weighted by atomic mass is 10.1. The zero-order chi connectivity index (χ0) is 17.5. The number of rotatable bonds is 2. The lowest BCUT2D eigenvalue weighted by molar-refractivity contribution is -0.137. The molecule has 4 nitrogen and oxygen atoms in total. The van der Waals surface area contributed by atoms with Crippen LogP contribution in [0.3, 0.4) is 0 Å². The van der Waals surface area contributed by atoms with Gasteiger partial charge in [-0.2, -0.15) is 18.3 Å². The van der Waals surface area contributed by atoms with E-state index in [1.54, 1.807) is 17.8 Å². The van der Waals surface area contributed by atoms with Crippen molar-refractivity contribution in [2.75, 3.05) is 5.32 Å². The molecule has 0 saturated carbocycles. The molecule has 1 heterocycles. The standard InChI is InChI=1S/C16H11BrF3N3O/c1-23-13-6-5-11(17)8-12(13)14(22-23)21-15(24)9-3-2-4-10(7-9)16(18,19)20/h2-8H,1H3,(H,21,22,24). The first-order chi connectivity index (χ1) is 11.3. The summed E-state index contributed by atoms with van der Waals surface area (Å²) >= 11 is 3.34. The van der Waals surface area contributed by atoms with Crippen LogP contribution in [0.1, 0.15) is 15.9 Å². The molecule has 24 heavy (non-hydrogen) atoms. The number of benzene rings is 2. The van der Waals surface area contributed by atoms with Gasteiger partial charge in [-0.3, -0.25) is 9.48 Å². The normalized spacial score (nSPS) is 11.7. The number of aromatic nitrogens is 2. The summed E-state index contributed by atoms with van der Waals surface area (Å²) in [5, 5.41) is 7.47. The minimum atomic E-state index is -4.50. The van der Waals surface area contributed by atoms with Crippen LogP contribution in [0, 0.1) is 0 Å². The third-order valence-corrected chi connectivity index (χ3v) is 3.99. The van der Waals surface area contributed by atoms with Crippen LogP contribution >= 0.6 is 15.9 Å². The van der Waals surface area contributed by atoms with Gasteiger partial charge in [-0.05, 0) is 36.4 Å². The van der Waals surface area contributed by atoms with Gasteiger partial charge in [0.25, 0.3) is 5.91 Å². The molecule has 3 aromatic rings. The zero-order valence-electron chi connectivity index (χ0n) is 12.4. The van der Waals surface area contributed by atoms with Crippen molar-refractivity contribution in [2.24, 2.45) is 7.05 Å². The van der Waals surface area contributed by atoms with Gasteiger partial charge >= 0.3 is 6.18 Å². The fourth-order valence-corrected chi connectivity index (χ4v) is 2.71. The van der Waals surface area contributed by atoms with Crippen LogP contribution in [-0.2, 0) is 13.2 Å². The van der Waals surface area contributed by atoms with Gasteiger partial charge in [-0.15, -0.1) is 0 Å². The average molecular weight is 398 g/mol. The van der Waals surface area contributed by atoms with Gasteiger partial charge in [-0.1, -0.05) is 22.0 Å². The maximum atomic E-state index is 12.8. The predicted octanol–water partition coefficient (Wildman–Crippen LogP) is 4.61. The van der Waals surface area contributed by atoms with Crippen molar-refractivity contribution in [3.05, 3.63) is 58.1 Å². The lowest BCUT2D eigenvalue weighted by Gasteiger charge is -2.08. The predicted molar refractivity (Wildman–Crippen MR) is 87.8 cm³/mol. The van der Waals surface area contributed by atoms with Crippen molar-refractivity contribution >= 4 is 38.6 Å². The molecule has 124 valence electrons.